The fourth-order valence-electron chi connectivity index (χ4n) is 2.21. The van der Waals surface area contributed by atoms with Gasteiger partial charge in [0, 0.05) is 11.6 Å². The van der Waals surface area contributed by atoms with Crippen molar-refractivity contribution >= 4 is 40.6 Å². The minimum atomic E-state index is -0.396. The van der Waals surface area contributed by atoms with Gasteiger partial charge in [0.05, 0.1) is 23.1 Å². The number of hydrogen-bond donors (Lipinski definition) is 2. The van der Waals surface area contributed by atoms with Crippen molar-refractivity contribution in [2.24, 2.45) is 0 Å². The lowest BCUT2D eigenvalue weighted by Gasteiger charge is -2.08. The number of carbonyl (C=O) groups is 1. The van der Waals surface area contributed by atoms with E-state index in [9.17, 15) is 4.79 Å². The first-order valence-corrected chi connectivity index (χ1v) is 8.65. The Kier molecular flexibility index (Phi) is 5.71. The molecule has 0 saturated carbocycles. The summed E-state index contributed by atoms with van der Waals surface area (Å²) < 4.78 is 0. The SMILES string of the molecule is Cc1ccc(CNc2cnc(C(=O)Nc3ccc(Cl)cc3Cl)cn2)cc1. The largest absolute Gasteiger partial charge is 0.365 e. The summed E-state index contributed by atoms with van der Waals surface area (Å²) in [6, 6.07) is 13.0. The van der Waals surface area contributed by atoms with E-state index in [1.807, 2.05) is 19.1 Å². The van der Waals surface area contributed by atoms with E-state index in [4.69, 9.17) is 23.2 Å². The standard InChI is InChI=1S/C19H16Cl2N4O/c1-12-2-4-13(5-3-12)9-23-18-11-22-17(10-24-18)19(26)25-16-7-6-14(20)8-15(16)21/h2-8,10-11H,9H2,1H3,(H,23,24)(H,25,26). The molecule has 0 atom stereocenters. The molecule has 0 aliphatic carbocycles. The molecule has 0 saturated heterocycles. The van der Waals surface area contributed by atoms with E-state index in [-0.39, 0.29) is 5.69 Å². The first-order valence-electron chi connectivity index (χ1n) is 7.89. The molecular weight excluding hydrogens is 371 g/mol. The van der Waals surface area contributed by atoms with Crippen LogP contribution in [0.4, 0.5) is 11.5 Å². The van der Waals surface area contributed by atoms with Gasteiger partial charge >= 0.3 is 0 Å². The van der Waals surface area contributed by atoms with Crippen LogP contribution < -0.4 is 10.6 Å². The van der Waals surface area contributed by atoms with Crippen LogP contribution in [-0.2, 0) is 6.54 Å². The van der Waals surface area contributed by atoms with Crippen molar-refractivity contribution in [1.82, 2.24) is 9.97 Å². The normalized spacial score (nSPS) is 10.4. The Morgan fingerprint density at radius 1 is 1.04 bits per heavy atom. The maximum atomic E-state index is 12.2. The average Bonchev–Trinajstić information content (AvgIpc) is 2.64. The lowest BCUT2D eigenvalue weighted by atomic mass is 10.1. The van der Waals surface area contributed by atoms with Crippen LogP contribution in [0.25, 0.3) is 0 Å². The molecule has 2 N–H and O–H groups in total. The highest BCUT2D eigenvalue weighted by Crippen LogP contribution is 2.25. The summed E-state index contributed by atoms with van der Waals surface area (Å²) in [5, 5.41) is 6.71. The van der Waals surface area contributed by atoms with Gasteiger partial charge in [0.25, 0.3) is 5.91 Å². The number of amides is 1. The van der Waals surface area contributed by atoms with Crippen LogP contribution in [0, 0.1) is 6.92 Å². The summed E-state index contributed by atoms with van der Waals surface area (Å²) in [5.41, 5.74) is 3.00. The number of aryl methyl sites for hydroxylation is 1. The maximum absolute atomic E-state index is 12.2. The van der Waals surface area contributed by atoms with Crippen LogP contribution in [-0.4, -0.2) is 15.9 Å². The summed E-state index contributed by atoms with van der Waals surface area (Å²) in [4.78, 5) is 20.6. The average molecular weight is 387 g/mol. The van der Waals surface area contributed by atoms with Crippen LogP contribution in [0.15, 0.2) is 54.9 Å². The zero-order chi connectivity index (χ0) is 18.5. The van der Waals surface area contributed by atoms with Crippen molar-refractivity contribution in [2.45, 2.75) is 13.5 Å². The van der Waals surface area contributed by atoms with E-state index in [0.717, 1.165) is 5.56 Å². The van der Waals surface area contributed by atoms with E-state index in [1.54, 1.807) is 18.2 Å². The molecule has 132 valence electrons. The highest BCUT2D eigenvalue weighted by molar-refractivity contribution is 6.36. The number of benzene rings is 2. The number of aromatic nitrogens is 2. The van der Waals surface area contributed by atoms with E-state index in [0.29, 0.717) is 28.1 Å². The Bertz CT molecular complexity index is 912. The van der Waals surface area contributed by atoms with Gasteiger partial charge in [0.2, 0.25) is 0 Å². The van der Waals surface area contributed by atoms with E-state index >= 15 is 0 Å². The van der Waals surface area contributed by atoms with Crippen LogP contribution in [0.1, 0.15) is 21.6 Å². The molecule has 3 rings (SSSR count). The van der Waals surface area contributed by atoms with Gasteiger partial charge in [0.1, 0.15) is 11.5 Å². The third-order valence-corrected chi connectivity index (χ3v) is 4.21. The molecule has 0 radical (unpaired) electrons. The molecule has 2 aromatic carbocycles. The molecule has 5 nitrogen and oxygen atoms in total. The molecule has 1 amide bonds. The molecule has 7 heteroatoms. The lowest BCUT2D eigenvalue weighted by Crippen LogP contribution is -2.14. The topological polar surface area (TPSA) is 66.9 Å². The molecule has 0 aliphatic heterocycles. The third kappa shape index (κ3) is 4.71. The number of halogens is 2. The van der Waals surface area contributed by atoms with Gasteiger partial charge in [-0.1, -0.05) is 53.0 Å². The number of anilines is 2. The fraction of sp³-hybridized carbons (Fsp3) is 0.105. The quantitative estimate of drug-likeness (QED) is 0.650. The van der Waals surface area contributed by atoms with E-state index in [1.165, 1.54) is 18.0 Å². The van der Waals surface area contributed by atoms with Gasteiger partial charge in [-0.25, -0.2) is 9.97 Å². The zero-order valence-electron chi connectivity index (χ0n) is 14.0. The van der Waals surface area contributed by atoms with E-state index < -0.39 is 5.91 Å². The van der Waals surface area contributed by atoms with Crippen LogP contribution in [0.3, 0.4) is 0 Å². The second-order valence-electron chi connectivity index (χ2n) is 5.70. The molecule has 0 fully saturated rings. The van der Waals surface area contributed by atoms with Crippen LogP contribution in [0.5, 0.6) is 0 Å². The second kappa shape index (κ2) is 8.17. The smallest absolute Gasteiger partial charge is 0.275 e. The van der Waals surface area contributed by atoms with Crippen molar-refractivity contribution in [3.63, 3.8) is 0 Å². The first-order chi connectivity index (χ1) is 12.5. The van der Waals surface area contributed by atoms with E-state index in [2.05, 4.69) is 32.7 Å². The zero-order valence-corrected chi connectivity index (χ0v) is 15.5. The molecule has 26 heavy (non-hydrogen) atoms. The molecule has 1 heterocycles. The Hall–Kier alpha value is -2.63. The molecular formula is C19H16Cl2N4O. The maximum Gasteiger partial charge on any atom is 0.275 e. The van der Waals surface area contributed by atoms with Crippen molar-refractivity contribution in [1.29, 1.82) is 0 Å². The van der Waals surface area contributed by atoms with Crippen molar-refractivity contribution in [2.75, 3.05) is 10.6 Å². The fourth-order valence-corrected chi connectivity index (χ4v) is 2.67. The minimum absolute atomic E-state index is 0.192. The summed E-state index contributed by atoms with van der Waals surface area (Å²) in [6.07, 6.45) is 2.93. The minimum Gasteiger partial charge on any atom is -0.365 e. The summed E-state index contributed by atoms with van der Waals surface area (Å²) in [6.45, 7) is 2.67. The molecule has 0 unspecified atom stereocenters. The lowest BCUT2D eigenvalue weighted by molar-refractivity contribution is 0.102. The molecule has 3 aromatic rings. The monoisotopic (exact) mass is 386 g/mol. The van der Waals surface area contributed by atoms with Crippen molar-refractivity contribution in [3.05, 3.63) is 81.7 Å². The van der Waals surface area contributed by atoms with Gasteiger partial charge in [0.15, 0.2) is 0 Å². The molecule has 0 spiro atoms. The Morgan fingerprint density at radius 3 is 2.46 bits per heavy atom. The van der Waals surface area contributed by atoms with Gasteiger partial charge in [-0.15, -0.1) is 0 Å². The third-order valence-electron chi connectivity index (χ3n) is 3.66. The van der Waals surface area contributed by atoms with Crippen molar-refractivity contribution < 1.29 is 4.79 Å². The predicted octanol–water partition coefficient (Wildman–Crippen LogP) is 4.96. The summed E-state index contributed by atoms with van der Waals surface area (Å²) in [5.74, 6) is 0.193. The van der Waals surface area contributed by atoms with Crippen LogP contribution in [0.2, 0.25) is 10.0 Å². The summed E-state index contributed by atoms with van der Waals surface area (Å²) >= 11 is 11.9. The number of rotatable bonds is 5. The molecule has 1 aromatic heterocycles. The highest BCUT2D eigenvalue weighted by atomic mass is 35.5. The van der Waals surface area contributed by atoms with Crippen LogP contribution >= 0.6 is 23.2 Å². The van der Waals surface area contributed by atoms with Gasteiger partial charge < -0.3 is 10.6 Å². The Morgan fingerprint density at radius 2 is 1.81 bits per heavy atom. The Balaban J connectivity index is 1.61. The molecule has 0 bridgehead atoms. The second-order valence-corrected chi connectivity index (χ2v) is 6.55. The highest BCUT2D eigenvalue weighted by Gasteiger charge is 2.11. The number of nitrogens with one attached hydrogen (secondary N) is 2. The van der Waals surface area contributed by atoms with Gasteiger partial charge in [-0.05, 0) is 30.7 Å². The summed E-state index contributed by atoms with van der Waals surface area (Å²) in [7, 11) is 0. The Labute approximate surface area is 161 Å². The first kappa shape index (κ1) is 18.2. The van der Waals surface area contributed by atoms with Crippen molar-refractivity contribution in [3.8, 4) is 0 Å². The molecule has 0 aliphatic rings. The number of hydrogen-bond acceptors (Lipinski definition) is 4. The predicted molar refractivity (Wildman–Crippen MR) is 105 cm³/mol. The van der Waals surface area contributed by atoms with Gasteiger partial charge in [-0.2, -0.15) is 0 Å². The number of carbonyl (C=O) groups excluding carboxylic acids is 1. The number of nitrogens with zero attached hydrogens (tertiary/aromatic N) is 2. The van der Waals surface area contributed by atoms with Gasteiger partial charge in [-0.3, -0.25) is 4.79 Å².